The van der Waals surface area contributed by atoms with Crippen molar-refractivity contribution in [3.63, 3.8) is 0 Å². The fraction of sp³-hybridized carbons (Fsp3) is 0.250. The van der Waals surface area contributed by atoms with Crippen LogP contribution in [0.2, 0.25) is 5.02 Å². The highest BCUT2D eigenvalue weighted by atomic mass is 35.5. The van der Waals surface area contributed by atoms with Crippen molar-refractivity contribution in [3.8, 4) is 5.75 Å². The predicted octanol–water partition coefficient (Wildman–Crippen LogP) is 1.74. The molecule has 0 unspecified atom stereocenters. The van der Waals surface area contributed by atoms with Gasteiger partial charge in [-0.15, -0.1) is 0 Å². The van der Waals surface area contributed by atoms with Gasteiger partial charge in [0.1, 0.15) is 11.6 Å². The number of nitrogens with zero attached hydrogens (tertiary/aromatic N) is 3. The molecule has 7 heteroatoms. The van der Waals surface area contributed by atoms with E-state index in [1.54, 1.807) is 20.0 Å². The van der Waals surface area contributed by atoms with E-state index >= 15 is 0 Å². The van der Waals surface area contributed by atoms with Gasteiger partial charge in [0.2, 0.25) is 0 Å². The number of nitrogens with one attached hydrogen (secondary N) is 1. The second-order valence-corrected chi connectivity index (χ2v) is 4.60. The molecule has 0 aliphatic carbocycles. The van der Waals surface area contributed by atoms with Crippen molar-refractivity contribution in [2.45, 2.75) is 13.5 Å². The maximum Gasteiger partial charge on any atom is 0.257 e. The fourth-order valence-corrected chi connectivity index (χ4v) is 1.80. The van der Waals surface area contributed by atoms with E-state index < -0.39 is 0 Å². The van der Waals surface area contributed by atoms with Crippen LogP contribution in [0.1, 0.15) is 22.0 Å². The molecule has 2 rings (SSSR count). The van der Waals surface area contributed by atoms with E-state index in [0.29, 0.717) is 16.7 Å². The summed E-state index contributed by atoms with van der Waals surface area (Å²) in [6.07, 6.45) is 0. The molecule has 0 fully saturated rings. The van der Waals surface area contributed by atoms with Crippen LogP contribution in [0, 0.1) is 6.92 Å². The van der Waals surface area contributed by atoms with Crippen molar-refractivity contribution in [2.24, 2.45) is 0 Å². The summed E-state index contributed by atoms with van der Waals surface area (Å²) in [5.41, 5.74) is 0.194. The van der Waals surface area contributed by atoms with Crippen LogP contribution in [0.3, 0.4) is 0 Å². The average Bonchev–Trinajstić information content (AvgIpc) is 2.74. The number of amides is 1. The van der Waals surface area contributed by atoms with E-state index in [-0.39, 0.29) is 23.8 Å². The molecule has 0 saturated heterocycles. The number of rotatable bonds is 3. The van der Waals surface area contributed by atoms with Crippen LogP contribution in [-0.4, -0.2) is 38.1 Å². The number of hydrogen-bond donors (Lipinski definition) is 2. The van der Waals surface area contributed by atoms with E-state index in [9.17, 15) is 9.90 Å². The summed E-state index contributed by atoms with van der Waals surface area (Å²) >= 11 is 5.72. The molecule has 0 atom stereocenters. The normalized spacial score (nSPS) is 10.5. The number of aromatic amines is 1. The number of halogens is 1. The molecule has 6 nitrogen and oxygen atoms in total. The third-order valence-electron chi connectivity index (χ3n) is 2.56. The highest BCUT2D eigenvalue weighted by Gasteiger charge is 2.17. The molecule has 1 heterocycles. The Balaban J connectivity index is 2.14. The Morgan fingerprint density at radius 1 is 1.53 bits per heavy atom. The Morgan fingerprint density at radius 3 is 2.84 bits per heavy atom. The molecular formula is C12H13ClN4O2. The van der Waals surface area contributed by atoms with Gasteiger partial charge in [-0.1, -0.05) is 11.6 Å². The molecule has 0 aliphatic heterocycles. The van der Waals surface area contributed by atoms with Gasteiger partial charge in [0.05, 0.1) is 12.1 Å². The van der Waals surface area contributed by atoms with Crippen molar-refractivity contribution in [1.82, 2.24) is 20.1 Å². The summed E-state index contributed by atoms with van der Waals surface area (Å²) in [5.74, 6) is 0.735. The zero-order valence-electron chi connectivity index (χ0n) is 10.5. The van der Waals surface area contributed by atoms with Crippen LogP contribution in [0.5, 0.6) is 5.75 Å². The van der Waals surface area contributed by atoms with Crippen LogP contribution < -0.4 is 0 Å². The van der Waals surface area contributed by atoms with Gasteiger partial charge < -0.3 is 10.0 Å². The standard InChI is InChI=1S/C12H13ClN4O2/c1-7-14-11(16-15-7)6-17(2)12(19)9-4-3-8(13)5-10(9)18/h3-5,18H,6H2,1-2H3,(H,14,15,16). The van der Waals surface area contributed by atoms with Gasteiger partial charge >= 0.3 is 0 Å². The first kappa shape index (κ1) is 13.4. The SMILES string of the molecule is Cc1nc(CN(C)C(=O)c2ccc(Cl)cc2O)n[nH]1. The molecule has 1 amide bonds. The second kappa shape index (κ2) is 5.27. The summed E-state index contributed by atoms with van der Waals surface area (Å²) in [4.78, 5) is 17.7. The minimum Gasteiger partial charge on any atom is -0.507 e. The van der Waals surface area contributed by atoms with E-state index in [2.05, 4.69) is 15.2 Å². The highest BCUT2D eigenvalue weighted by molar-refractivity contribution is 6.30. The number of carbonyl (C=O) groups is 1. The molecule has 0 bridgehead atoms. The van der Waals surface area contributed by atoms with Crippen molar-refractivity contribution >= 4 is 17.5 Å². The molecule has 2 aromatic rings. The number of phenolic OH excluding ortho intramolecular Hbond substituents is 1. The summed E-state index contributed by atoms with van der Waals surface area (Å²) < 4.78 is 0. The predicted molar refractivity (Wildman–Crippen MR) is 70.0 cm³/mol. The summed E-state index contributed by atoms with van der Waals surface area (Å²) in [5, 5.41) is 16.7. The van der Waals surface area contributed by atoms with Crippen LogP contribution in [0.4, 0.5) is 0 Å². The van der Waals surface area contributed by atoms with Crippen molar-refractivity contribution in [3.05, 3.63) is 40.4 Å². The topological polar surface area (TPSA) is 82.1 Å². The molecule has 1 aromatic heterocycles. The molecule has 0 saturated carbocycles. The quantitative estimate of drug-likeness (QED) is 0.897. The Bertz CT molecular complexity index is 612. The zero-order valence-corrected chi connectivity index (χ0v) is 11.3. The van der Waals surface area contributed by atoms with Crippen LogP contribution in [0.15, 0.2) is 18.2 Å². The Hall–Kier alpha value is -2.08. The molecule has 2 N–H and O–H groups in total. The van der Waals surface area contributed by atoms with Gasteiger partial charge in [0.25, 0.3) is 5.91 Å². The zero-order chi connectivity index (χ0) is 14.0. The number of benzene rings is 1. The number of phenols is 1. The Labute approximate surface area is 115 Å². The molecule has 1 aromatic carbocycles. The molecule has 0 aliphatic rings. The lowest BCUT2D eigenvalue weighted by Gasteiger charge is -2.16. The summed E-state index contributed by atoms with van der Waals surface area (Å²) in [7, 11) is 1.61. The van der Waals surface area contributed by atoms with E-state index in [1.807, 2.05) is 0 Å². The molecular weight excluding hydrogens is 268 g/mol. The van der Waals surface area contributed by atoms with E-state index in [4.69, 9.17) is 11.6 Å². The maximum atomic E-state index is 12.1. The maximum absolute atomic E-state index is 12.1. The largest absolute Gasteiger partial charge is 0.507 e. The number of aromatic hydroxyl groups is 1. The number of carbonyl (C=O) groups excluding carboxylic acids is 1. The molecule has 100 valence electrons. The molecule has 0 radical (unpaired) electrons. The van der Waals surface area contributed by atoms with Crippen molar-refractivity contribution < 1.29 is 9.90 Å². The van der Waals surface area contributed by atoms with Gasteiger partial charge in [0, 0.05) is 12.1 Å². The minimum atomic E-state index is -0.323. The average molecular weight is 281 g/mol. The minimum absolute atomic E-state index is 0.143. The van der Waals surface area contributed by atoms with Crippen molar-refractivity contribution in [2.75, 3.05) is 7.05 Å². The molecule has 0 spiro atoms. The smallest absolute Gasteiger partial charge is 0.257 e. The Morgan fingerprint density at radius 2 is 2.26 bits per heavy atom. The highest BCUT2D eigenvalue weighted by Crippen LogP contribution is 2.23. The summed E-state index contributed by atoms with van der Waals surface area (Å²) in [6.45, 7) is 2.04. The lowest BCUT2D eigenvalue weighted by molar-refractivity contribution is 0.0778. The van der Waals surface area contributed by atoms with Crippen LogP contribution >= 0.6 is 11.6 Å². The first-order valence-electron chi connectivity index (χ1n) is 5.59. The lowest BCUT2D eigenvalue weighted by Crippen LogP contribution is -2.26. The first-order valence-corrected chi connectivity index (χ1v) is 5.97. The Kier molecular flexibility index (Phi) is 3.71. The second-order valence-electron chi connectivity index (χ2n) is 4.16. The summed E-state index contributed by atoms with van der Waals surface area (Å²) in [6, 6.07) is 4.37. The van der Waals surface area contributed by atoms with Crippen molar-refractivity contribution in [1.29, 1.82) is 0 Å². The van der Waals surface area contributed by atoms with Gasteiger partial charge in [-0.3, -0.25) is 9.89 Å². The number of hydrogen-bond acceptors (Lipinski definition) is 4. The third kappa shape index (κ3) is 3.03. The van der Waals surface area contributed by atoms with Gasteiger partial charge in [-0.25, -0.2) is 4.98 Å². The van der Waals surface area contributed by atoms with Crippen LogP contribution in [0.25, 0.3) is 0 Å². The fourth-order valence-electron chi connectivity index (χ4n) is 1.63. The first-order chi connectivity index (χ1) is 8.97. The van der Waals surface area contributed by atoms with Gasteiger partial charge in [-0.05, 0) is 25.1 Å². The lowest BCUT2D eigenvalue weighted by atomic mass is 10.2. The van der Waals surface area contributed by atoms with Gasteiger partial charge in [0.15, 0.2) is 5.82 Å². The van der Waals surface area contributed by atoms with Crippen LogP contribution in [-0.2, 0) is 6.54 Å². The molecule has 19 heavy (non-hydrogen) atoms. The van der Waals surface area contributed by atoms with E-state index in [1.165, 1.54) is 17.0 Å². The number of aryl methyl sites for hydroxylation is 1. The van der Waals surface area contributed by atoms with Gasteiger partial charge in [-0.2, -0.15) is 5.10 Å². The number of aromatic nitrogens is 3. The van der Waals surface area contributed by atoms with E-state index in [0.717, 1.165) is 0 Å². The third-order valence-corrected chi connectivity index (χ3v) is 2.79. The monoisotopic (exact) mass is 280 g/mol. The number of H-pyrrole nitrogens is 1.